The number of carbonyl (C=O) groups excluding carboxylic acids is 1. The highest BCUT2D eigenvalue weighted by Crippen LogP contribution is 2.39. The van der Waals surface area contributed by atoms with Gasteiger partial charge in [0.15, 0.2) is 0 Å². The Morgan fingerprint density at radius 1 is 1.12 bits per heavy atom. The molecule has 0 bridgehead atoms. The number of aromatic hydroxyl groups is 1. The summed E-state index contributed by atoms with van der Waals surface area (Å²) in [5, 5.41) is 15.3. The highest BCUT2D eigenvalue weighted by molar-refractivity contribution is 6.44. The van der Waals surface area contributed by atoms with Crippen LogP contribution in [0.3, 0.4) is 0 Å². The summed E-state index contributed by atoms with van der Waals surface area (Å²) in [5.41, 5.74) is -1.63. The Morgan fingerprint density at radius 2 is 1.73 bits per heavy atom. The number of aromatic amines is 2. The molecular formula is C15H9Cl3N4O4. The van der Waals surface area contributed by atoms with Crippen LogP contribution in [-0.2, 0) is 4.79 Å². The predicted molar refractivity (Wildman–Crippen MR) is 99.4 cm³/mol. The van der Waals surface area contributed by atoms with Gasteiger partial charge in [0, 0.05) is 5.02 Å². The number of hydrogen-bond acceptors (Lipinski definition) is 5. The van der Waals surface area contributed by atoms with Crippen LogP contribution in [0, 0.1) is 0 Å². The van der Waals surface area contributed by atoms with Crippen molar-refractivity contribution in [2.45, 2.75) is 6.92 Å². The van der Waals surface area contributed by atoms with Crippen molar-refractivity contribution in [1.29, 1.82) is 0 Å². The van der Waals surface area contributed by atoms with Crippen LogP contribution in [0.4, 0.5) is 5.69 Å². The summed E-state index contributed by atoms with van der Waals surface area (Å²) in [7, 11) is 0. The van der Waals surface area contributed by atoms with E-state index in [2.05, 4.69) is 5.10 Å². The second kappa shape index (κ2) is 6.64. The first kappa shape index (κ1) is 18.2. The van der Waals surface area contributed by atoms with Gasteiger partial charge < -0.3 is 5.11 Å². The van der Waals surface area contributed by atoms with E-state index in [1.807, 2.05) is 9.97 Å². The highest BCUT2D eigenvalue weighted by Gasteiger charge is 2.32. The topological polar surface area (TPSA) is 119 Å². The van der Waals surface area contributed by atoms with Crippen molar-refractivity contribution < 1.29 is 9.90 Å². The molecule has 0 saturated carbocycles. The highest BCUT2D eigenvalue weighted by atomic mass is 35.5. The van der Waals surface area contributed by atoms with Crippen molar-refractivity contribution in [2.24, 2.45) is 5.10 Å². The second-order valence-corrected chi connectivity index (χ2v) is 6.50. The lowest BCUT2D eigenvalue weighted by Crippen LogP contribution is -2.25. The Morgan fingerprint density at radius 3 is 2.31 bits per heavy atom. The lowest BCUT2D eigenvalue weighted by Gasteiger charge is -2.15. The number of hydrazone groups is 1. The Kier molecular flexibility index (Phi) is 4.66. The number of halogens is 3. The third-order valence-electron chi connectivity index (χ3n) is 3.50. The molecule has 1 amide bonds. The third kappa shape index (κ3) is 3.14. The minimum atomic E-state index is -0.876. The van der Waals surface area contributed by atoms with Crippen molar-refractivity contribution in [1.82, 2.24) is 9.97 Å². The van der Waals surface area contributed by atoms with Crippen LogP contribution in [0.1, 0.15) is 12.5 Å². The van der Waals surface area contributed by atoms with Crippen LogP contribution in [0.5, 0.6) is 5.88 Å². The van der Waals surface area contributed by atoms with E-state index in [-0.39, 0.29) is 37.6 Å². The van der Waals surface area contributed by atoms with Gasteiger partial charge in [-0.3, -0.25) is 19.6 Å². The van der Waals surface area contributed by atoms with E-state index in [1.54, 1.807) is 0 Å². The van der Waals surface area contributed by atoms with Crippen LogP contribution < -0.4 is 16.3 Å². The van der Waals surface area contributed by atoms with E-state index in [9.17, 15) is 19.5 Å². The molecule has 0 unspecified atom stereocenters. The van der Waals surface area contributed by atoms with Gasteiger partial charge in [-0.15, -0.1) is 0 Å². The van der Waals surface area contributed by atoms with Gasteiger partial charge in [0.2, 0.25) is 5.88 Å². The number of amides is 1. The van der Waals surface area contributed by atoms with Crippen molar-refractivity contribution >= 4 is 58.2 Å². The van der Waals surface area contributed by atoms with Crippen LogP contribution in [0.2, 0.25) is 15.1 Å². The molecule has 1 aliphatic heterocycles. The van der Waals surface area contributed by atoms with E-state index in [4.69, 9.17) is 34.8 Å². The average molecular weight is 416 g/mol. The summed E-state index contributed by atoms with van der Waals surface area (Å²) in [5.74, 6) is -1.30. The first-order valence-corrected chi connectivity index (χ1v) is 8.14. The van der Waals surface area contributed by atoms with Gasteiger partial charge in [-0.2, -0.15) is 10.1 Å². The van der Waals surface area contributed by atoms with Gasteiger partial charge in [-0.25, -0.2) is 4.79 Å². The number of carbonyl (C=O) groups is 1. The monoisotopic (exact) mass is 414 g/mol. The maximum atomic E-state index is 12.7. The number of H-pyrrole nitrogens is 2. The summed E-state index contributed by atoms with van der Waals surface area (Å²) in [6.45, 7) is 1.53. The van der Waals surface area contributed by atoms with Crippen molar-refractivity contribution in [3.8, 4) is 5.88 Å². The van der Waals surface area contributed by atoms with E-state index in [1.165, 1.54) is 19.1 Å². The van der Waals surface area contributed by atoms with Crippen LogP contribution in [0.15, 0.2) is 32.4 Å². The van der Waals surface area contributed by atoms with Crippen molar-refractivity contribution in [2.75, 3.05) is 5.01 Å². The molecule has 2 heterocycles. The average Bonchev–Trinajstić information content (AvgIpc) is 2.77. The molecule has 0 fully saturated rings. The minimum Gasteiger partial charge on any atom is -0.494 e. The molecule has 8 nitrogen and oxygen atoms in total. The molecule has 0 saturated heterocycles. The first-order chi connectivity index (χ1) is 12.2. The Balaban J connectivity index is 2.11. The smallest absolute Gasteiger partial charge is 0.328 e. The van der Waals surface area contributed by atoms with Gasteiger partial charge in [0.05, 0.1) is 21.3 Å². The minimum absolute atomic E-state index is 0.0138. The fraction of sp³-hybridized carbons (Fsp3) is 0.0667. The third-order valence-corrected chi connectivity index (χ3v) is 4.30. The Labute approximate surface area is 160 Å². The van der Waals surface area contributed by atoms with E-state index in [0.717, 1.165) is 11.1 Å². The molecular weight excluding hydrogens is 407 g/mol. The van der Waals surface area contributed by atoms with Gasteiger partial charge in [-0.05, 0) is 25.1 Å². The maximum Gasteiger partial charge on any atom is 0.328 e. The summed E-state index contributed by atoms with van der Waals surface area (Å²) in [4.78, 5) is 39.7. The summed E-state index contributed by atoms with van der Waals surface area (Å²) in [6.07, 6.45) is 1.11. The molecule has 0 aliphatic carbocycles. The van der Waals surface area contributed by atoms with E-state index in [0.29, 0.717) is 0 Å². The predicted octanol–water partition coefficient (Wildman–Crippen LogP) is 2.54. The van der Waals surface area contributed by atoms with Gasteiger partial charge in [0.25, 0.3) is 11.5 Å². The summed E-state index contributed by atoms with van der Waals surface area (Å²) < 4.78 is 0. The van der Waals surface area contributed by atoms with Gasteiger partial charge in [-0.1, -0.05) is 34.8 Å². The number of anilines is 1. The molecule has 0 atom stereocenters. The molecule has 0 radical (unpaired) electrons. The SMILES string of the molecule is CC1=NN(c2c(Cl)cc(Cl)cc2Cl)C(=O)/C1=C/c1c(O)[nH]c(=O)[nH]c1=O. The fourth-order valence-corrected chi connectivity index (χ4v) is 3.31. The molecule has 1 aliphatic rings. The molecule has 0 spiro atoms. The summed E-state index contributed by atoms with van der Waals surface area (Å²) in [6, 6.07) is 2.81. The van der Waals surface area contributed by atoms with Gasteiger partial charge >= 0.3 is 5.69 Å². The Hall–Kier alpha value is -2.55. The maximum absolute atomic E-state index is 12.7. The lowest BCUT2D eigenvalue weighted by molar-refractivity contribution is -0.114. The van der Waals surface area contributed by atoms with Crippen molar-refractivity contribution in [3.05, 3.63) is 59.2 Å². The van der Waals surface area contributed by atoms with Crippen molar-refractivity contribution in [3.63, 3.8) is 0 Å². The molecule has 11 heteroatoms. The molecule has 26 heavy (non-hydrogen) atoms. The number of hydrogen-bond donors (Lipinski definition) is 3. The second-order valence-electron chi connectivity index (χ2n) is 5.25. The zero-order chi connectivity index (χ0) is 19.2. The summed E-state index contributed by atoms with van der Waals surface area (Å²) >= 11 is 18.1. The number of rotatable bonds is 2. The number of benzene rings is 1. The molecule has 2 aromatic rings. The molecule has 1 aromatic heterocycles. The first-order valence-electron chi connectivity index (χ1n) is 7.01. The van der Waals surface area contributed by atoms with Crippen LogP contribution in [-0.4, -0.2) is 26.7 Å². The number of nitrogens with zero attached hydrogens (tertiary/aromatic N) is 2. The molecule has 3 N–H and O–H groups in total. The lowest BCUT2D eigenvalue weighted by atomic mass is 10.1. The number of aromatic nitrogens is 2. The fourth-order valence-electron chi connectivity index (χ4n) is 2.34. The largest absolute Gasteiger partial charge is 0.494 e. The molecule has 3 rings (SSSR count). The standard InChI is InChI=1S/C15H9Cl3N4O4/c1-5-7(4-8-12(23)19-15(26)20-13(8)24)14(25)22(21-5)11-9(17)2-6(16)3-10(11)18/h2-4H,1H3,(H3,19,20,23,24,26)/b7-4+. The normalized spacial score (nSPS) is 15.7. The number of nitrogens with one attached hydrogen (secondary N) is 2. The molecule has 1 aromatic carbocycles. The zero-order valence-corrected chi connectivity index (χ0v) is 15.2. The quantitative estimate of drug-likeness (QED) is 0.653. The van der Waals surface area contributed by atoms with E-state index >= 15 is 0 Å². The zero-order valence-electron chi connectivity index (χ0n) is 12.9. The van der Waals surface area contributed by atoms with Crippen LogP contribution >= 0.6 is 34.8 Å². The van der Waals surface area contributed by atoms with Crippen LogP contribution in [0.25, 0.3) is 6.08 Å². The Bertz CT molecular complexity index is 1090. The van der Waals surface area contributed by atoms with Gasteiger partial charge in [0.1, 0.15) is 11.3 Å². The van der Waals surface area contributed by atoms with E-state index < -0.39 is 23.0 Å². The molecule has 134 valence electrons.